The number of nitrogens with zero attached hydrogens (tertiary/aromatic N) is 1. The molecule has 1 aromatic carbocycles. The maximum absolute atomic E-state index is 12.9. The fraction of sp³-hybridized carbons (Fsp3) is 0.429. The van der Waals surface area contributed by atoms with Gasteiger partial charge in [0.15, 0.2) is 6.61 Å². The lowest BCUT2D eigenvalue weighted by molar-refractivity contribution is -0.142. The van der Waals surface area contributed by atoms with Crippen LogP contribution in [0.15, 0.2) is 23.1 Å². The summed E-state index contributed by atoms with van der Waals surface area (Å²) in [5, 5.41) is 9.44. The van der Waals surface area contributed by atoms with Crippen LogP contribution in [0.1, 0.15) is 19.3 Å². The van der Waals surface area contributed by atoms with E-state index >= 15 is 0 Å². The van der Waals surface area contributed by atoms with Crippen molar-refractivity contribution in [1.29, 1.82) is 0 Å². The third kappa shape index (κ3) is 3.97. The minimum Gasteiger partial charge on any atom is -0.482 e. The van der Waals surface area contributed by atoms with E-state index in [0.29, 0.717) is 12.8 Å². The highest BCUT2D eigenvalue weighted by Gasteiger charge is 2.39. The van der Waals surface area contributed by atoms with Crippen molar-refractivity contribution < 1.29 is 27.9 Å². The maximum atomic E-state index is 12.9. The highest BCUT2D eigenvalue weighted by Crippen LogP contribution is 2.33. The Morgan fingerprint density at radius 1 is 1.38 bits per heavy atom. The Hall–Kier alpha value is -1.84. The van der Waals surface area contributed by atoms with Gasteiger partial charge in [-0.25, -0.2) is 8.42 Å². The first-order chi connectivity index (χ1) is 11.2. The van der Waals surface area contributed by atoms with Crippen LogP contribution < -0.4 is 10.5 Å². The number of hydrogen-bond acceptors (Lipinski definition) is 5. The van der Waals surface area contributed by atoms with Crippen molar-refractivity contribution in [3.63, 3.8) is 0 Å². The van der Waals surface area contributed by atoms with Gasteiger partial charge in [-0.05, 0) is 37.5 Å². The molecule has 1 saturated heterocycles. The van der Waals surface area contributed by atoms with E-state index in [1.807, 2.05) is 0 Å². The summed E-state index contributed by atoms with van der Waals surface area (Å²) in [6, 6.07) is 2.73. The molecule has 0 aromatic heterocycles. The fourth-order valence-corrected chi connectivity index (χ4v) is 4.56. The van der Waals surface area contributed by atoms with Crippen LogP contribution in [0.4, 0.5) is 0 Å². The predicted molar refractivity (Wildman–Crippen MR) is 85.3 cm³/mol. The Bertz CT molecular complexity index is 752. The van der Waals surface area contributed by atoms with Crippen LogP contribution in [0.25, 0.3) is 0 Å². The molecule has 1 aliphatic heterocycles. The van der Waals surface area contributed by atoms with Crippen LogP contribution in [0, 0.1) is 0 Å². The second-order valence-electron chi connectivity index (χ2n) is 5.31. The molecule has 132 valence electrons. The van der Waals surface area contributed by atoms with E-state index in [1.165, 1.54) is 18.2 Å². The van der Waals surface area contributed by atoms with Gasteiger partial charge >= 0.3 is 5.97 Å². The summed E-state index contributed by atoms with van der Waals surface area (Å²) in [4.78, 5) is 22.0. The molecule has 1 atom stereocenters. The molecule has 1 fully saturated rings. The Kier molecular flexibility index (Phi) is 5.68. The standard InChI is InChI=1S/C14H17ClN2O6S/c15-9-4-5-11(23-8-13(16)18)12(7-9)24(21,22)17-6-2-1-3-10(17)14(19)20/h4-5,7,10H,1-3,6,8H2,(H2,16,18)(H,19,20). The van der Waals surface area contributed by atoms with E-state index in [4.69, 9.17) is 22.1 Å². The molecule has 8 nitrogen and oxygen atoms in total. The van der Waals surface area contributed by atoms with E-state index in [9.17, 15) is 23.1 Å². The molecule has 2 rings (SSSR count). The molecule has 0 aliphatic carbocycles. The normalized spacial score (nSPS) is 19.0. The summed E-state index contributed by atoms with van der Waals surface area (Å²) >= 11 is 5.88. The molecular weight excluding hydrogens is 360 g/mol. The third-order valence-electron chi connectivity index (χ3n) is 3.60. The zero-order valence-corrected chi connectivity index (χ0v) is 14.2. The van der Waals surface area contributed by atoms with E-state index in [2.05, 4.69) is 0 Å². The molecule has 1 aromatic rings. The van der Waals surface area contributed by atoms with E-state index < -0.39 is 34.5 Å². The number of nitrogens with two attached hydrogens (primary N) is 1. The van der Waals surface area contributed by atoms with Crippen molar-refractivity contribution in [3.8, 4) is 5.75 Å². The first-order valence-corrected chi connectivity index (χ1v) is 9.00. The van der Waals surface area contributed by atoms with Gasteiger partial charge in [-0.2, -0.15) is 4.31 Å². The van der Waals surface area contributed by atoms with Crippen LogP contribution in [0.2, 0.25) is 5.02 Å². The minimum atomic E-state index is -4.17. The van der Waals surface area contributed by atoms with Gasteiger partial charge < -0.3 is 15.6 Å². The van der Waals surface area contributed by atoms with Crippen LogP contribution >= 0.6 is 11.6 Å². The number of amides is 1. The third-order valence-corrected chi connectivity index (χ3v) is 5.77. The molecule has 10 heteroatoms. The highest BCUT2D eigenvalue weighted by molar-refractivity contribution is 7.89. The molecule has 1 amide bonds. The molecule has 3 N–H and O–H groups in total. The summed E-state index contributed by atoms with van der Waals surface area (Å²) < 4.78 is 31.9. The summed E-state index contributed by atoms with van der Waals surface area (Å²) in [6.45, 7) is -0.423. The largest absolute Gasteiger partial charge is 0.482 e. The maximum Gasteiger partial charge on any atom is 0.322 e. The number of primary amides is 1. The molecule has 1 aliphatic rings. The average molecular weight is 377 g/mol. The zero-order chi connectivity index (χ0) is 17.9. The fourth-order valence-electron chi connectivity index (χ4n) is 2.52. The zero-order valence-electron chi connectivity index (χ0n) is 12.6. The molecule has 0 spiro atoms. The number of carbonyl (C=O) groups is 2. The number of piperidine rings is 1. The number of aliphatic carboxylic acids is 1. The Balaban J connectivity index is 2.45. The number of ether oxygens (including phenoxy) is 1. The molecular formula is C14H17ClN2O6S. The molecule has 0 bridgehead atoms. The highest BCUT2D eigenvalue weighted by atomic mass is 35.5. The number of hydrogen-bond donors (Lipinski definition) is 2. The van der Waals surface area contributed by atoms with E-state index in [-0.39, 0.29) is 28.6 Å². The van der Waals surface area contributed by atoms with Gasteiger partial charge in [0.25, 0.3) is 5.91 Å². The second-order valence-corrected chi connectivity index (χ2v) is 7.61. The number of carbonyl (C=O) groups excluding carboxylic acids is 1. The van der Waals surface area contributed by atoms with Crippen molar-refractivity contribution in [3.05, 3.63) is 23.2 Å². The van der Waals surface area contributed by atoms with Gasteiger partial charge in [-0.3, -0.25) is 9.59 Å². The van der Waals surface area contributed by atoms with Gasteiger partial charge in [0.2, 0.25) is 10.0 Å². The van der Waals surface area contributed by atoms with Crippen LogP contribution in [-0.2, 0) is 19.6 Å². The Morgan fingerprint density at radius 2 is 2.08 bits per heavy atom. The summed E-state index contributed by atoms with van der Waals surface area (Å²) in [6.07, 6.45) is 1.41. The first-order valence-electron chi connectivity index (χ1n) is 7.19. The number of halogens is 1. The van der Waals surface area contributed by atoms with Crippen molar-refractivity contribution in [1.82, 2.24) is 4.31 Å². The lowest BCUT2D eigenvalue weighted by Crippen LogP contribution is -2.47. The number of sulfonamides is 1. The lowest BCUT2D eigenvalue weighted by Gasteiger charge is -2.32. The quantitative estimate of drug-likeness (QED) is 0.757. The van der Waals surface area contributed by atoms with Crippen molar-refractivity contribution in [2.24, 2.45) is 5.73 Å². The Labute approximate surface area is 144 Å². The minimum absolute atomic E-state index is 0.0844. The molecule has 1 heterocycles. The SMILES string of the molecule is NC(=O)COc1ccc(Cl)cc1S(=O)(=O)N1CCCCC1C(=O)O. The summed E-state index contributed by atoms with van der Waals surface area (Å²) in [7, 11) is -4.17. The van der Waals surface area contributed by atoms with Crippen LogP contribution in [0.3, 0.4) is 0 Å². The number of carboxylic acid groups (broad SMARTS) is 1. The molecule has 0 radical (unpaired) electrons. The average Bonchev–Trinajstić information content (AvgIpc) is 2.53. The van der Waals surface area contributed by atoms with Crippen LogP contribution in [-0.4, -0.2) is 48.9 Å². The predicted octanol–water partition coefficient (Wildman–Crippen LogP) is 0.832. The smallest absolute Gasteiger partial charge is 0.322 e. The Morgan fingerprint density at radius 3 is 2.71 bits per heavy atom. The molecule has 24 heavy (non-hydrogen) atoms. The van der Waals surface area contributed by atoms with Gasteiger partial charge in [-0.15, -0.1) is 0 Å². The van der Waals surface area contributed by atoms with Crippen molar-refractivity contribution >= 4 is 33.5 Å². The van der Waals surface area contributed by atoms with Crippen molar-refractivity contribution in [2.45, 2.75) is 30.2 Å². The number of carboxylic acids is 1. The van der Waals surface area contributed by atoms with Gasteiger partial charge in [0.05, 0.1) is 0 Å². The molecule has 0 saturated carbocycles. The first kappa shape index (κ1) is 18.5. The number of rotatable bonds is 6. The monoisotopic (exact) mass is 376 g/mol. The van der Waals surface area contributed by atoms with Crippen molar-refractivity contribution in [2.75, 3.05) is 13.2 Å². The lowest BCUT2D eigenvalue weighted by atomic mass is 10.1. The topological polar surface area (TPSA) is 127 Å². The second kappa shape index (κ2) is 7.37. The van der Waals surface area contributed by atoms with Gasteiger partial charge in [0, 0.05) is 11.6 Å². The molecule has 1 unspecified atom stereocenters. The number of benzene rings is 1. The summed E-state index contributed by atoms with van der Waals surface area (Å²) in [5.41, 5.74) is 5.01. The van der Waals surface area contributed by atoms with Gasteiger partial charge in [-0.1, -0.05) is 11.6 Å². The van der Waals surface area contributed by atoms with E-state index in [0.717, 1.165) is 4.31 Å². The summed E-state index contributed by atoms with van der Waals surface area (Å²) in [5.74, 6) is -2.08. The van der Waals surface area contributed by atoms with Crippen LogP contribution in [0.5, 0.6) is 5.75 Å². The van der Waals surface area contributed by atoms with E-state index in [1.54, 1.807) is 0 Å². The van der Waals surface area contributed by atoms with Gasteiger partial charge in [0.1, 0.15) is 16.7 Å².